The molecule has 0 radical (unpaired) electrons. The lowest BCUT2D eigenvalue weighted by atomic mass is 10.1. The quantitative estimate of drug-likeness (QED) is 0.517. The fraction of sp³-hybridized carbons (Fsp3) is 0.240. The van der Waals surface area contributed by atoms with Gasteiger partial charge in [-0.25, -0.2) is 8.42 Å². The summed E-state index contributed by atoms with van der Waals surface area (Å²) in [6, 6.07) is 16.6. The van der Waals surface area contributed by atoms with Crippen molar-refractivity contribution in [2.45, 2.75) is 31.8 Å². The first kappa shape index (κ1) is 23.9. The molecule has 1 N–H and O–H groups in total. The molecule has 0 fully saturated rings. The van der Waals surface area contributed by atoms with Crippen molar-refractivity contribution in [3.8, 4) is 11.5 Å². The Bertz CT molecular complexity index is 1300. The van der Waals surface area contributed by atoms with E-state index in [1.54, 1.807) is 48.5 Å². The van der Waals surface area contributed by atoms with Gasteiger partial charge in [-0.2, -0.15) is 0 Å². The molecule has 0 saturated heterocycles. The number of rotatable bonds is 6. The maximum absolute atomic E-state index is 13.3. The number of ether oxygens (including phenoxy) is 2. The molecular weight excluding hydrogens is 476 g/mol. The number of nitrogens with one attached hydrogen (secondary N) is 1. The van der Waals surface area contributed by atoms with Crippen molar-refractivity contribution in [1.29, 1.82) is 0 Å². The Morgan fingerprint density at radius 2 is 1.76 bits per heavy atom. The van der Waals surface area contributed by atoms with E-state index >= 15 is 0 Å². The molecule has 3 aromatic carbocycles. The van der Waals surface area contributed by atoms with E-state index in [-0.39, 0.29) is 30.1 Å². The summed E-state index contributed by atoms with van der Waals surface area (Å²) in [7, 11) is -3.81. The number of hydrogen-bond donors (Lipinski definition) is 1. The monoisotopic (exact) mass is 500 g/mol. The highest BCUT2D eigenvalue weighted by Crippen LogP contribution is 2.36. The minimum absolute atomic E-state index is 0.123. The van der Waals surface area contributed by atoms with Crippen LogP contribution in [0.3, 0.4) is 0 Å². The van der Waals surface area contributed by atoms with Gasteiger partial charge in [-0.05, 0) is 80.4 Å². The average molecular weight is 501 g/mol. The number of benzene rings is 3. The van der Waals surface area contributed by atoms with Crippen LogP contribution in [-0.2, 0) is 14.8 Å². The Hall–Kier alpha value is -3.23. The number of aryl methyl sites for hydroxylation is 2. The Balaban J connectivity index is 1.43. The molecule has 1 unspecified atom stereocenters. The molecule has 0 aromatic heterocycles. The molecule has 4 rings (SSSR count). The predicted molar refractivity (Wildman–Crippen MR) is 133 cm³/mol. The number of carbonyl (C=O) groups excluding carboxylic acids is 1. The lowest BCUT2D eigenvalue weighted by Gasteiger charge is -2.34. The first-order chi connectivity index (χ1) is 16.1. The summed E-state index contributed by atoms with van der Waals surface area (Å²) in [5.74, 6) is 0.715. The first-order valence-electron chi connectivity index (χ1n) is 10.7. The van der Waals surface area contributed by atoms with E-state index in [1.165, 1.54) is 16.4 Å². The molecule has 0 spiro atoms. The highest BCUT2D eigenvalue weighted by Gasteiger charge is 2.32. The van der Waals surface area contributed by atoms with E-state index in [1.807, 2.05) is 20.8 Å². The van der Waals surface area contributed by atoms with Gasteiger partial charge in [-0.1, -0.05) is 23.7 Å². The molecule has 1 amide bonds. The average Bonchev–Trinajstić information content (AvgIpc) is 2.81. The van der Waals surface area contributed by atoms with Gasteiger partial charge >= 0.3 is 0 Å². The van der Waals surface area contributed by atoms with E-state index in [0.29, 0.717) is 27.9 Å². The molecule has 7 nitrogen and oxygen atoms in total. The summed E-state index contributed by atoms with van der Waals surface area (Å²) >= 11 is 6.16. The lowest BCUT2D eigenvalue weighted by Crippen LogP contribution is -2.42. The van der Waals surface area contributed by atoms with E-state index < -0.39 is 10.0 Å². The summed E-state index contributed by atoms with van der Waals surface area (Å²) in [5, 5.41) is 3.38. The fourth-order valence-electron chi connectivity index (χ4n) is 3.75. The molecule has 0 bridgehead atoms. The second kappa shape index (κ2) is 9.56. The van der Waals surface area contributed by atoms with Gasteiger partial charge in [0.15, 0.2) is 6.61 Å². The molecule has 3 aromatic rings. The Labute approximate surface area is 204 Å². The van der Waals surface area contributed by atoms with Gasteiger partial charge < -0.3 is 14.8 Å². The number of amides is 1. The Morgan fingerprint density at radius 3 is 2.44 bits per heavy atom. The smallest absolute Gasteiger partial charge is 0.264 e. The standard InChI is InChI=1S/C25H25ClN2O5S/c1-16-12-20(13-17(2)25(16)26)32-15-24(29)27-19-8-10-21(11-9-19)34(30,31)28-14-18(3)33-23-7-5-4-6-22(23)28/h4-13,18H,14-15H2,1-3H3,(H,27,29). The maximum Gasteiger partial charge on any atom is 0.264 e. The Morgan fingerprint density at radius 1 is 1.12 bits per heavy atom. The molecular formula is C25H25ClN2O5S. The number of sulfonamides is 1. The van der Waals surface area contributed by atoms with Gasteiger partial charge in [-0.15, -0.1) is 0 Å². The van der Waals surface area contributed by atoms with E-state index in [0.717, 1.165) is 11.1 Å². The van der Waals surface area contributed by atoms with Crippen molar-refractivity contribution < 1.29 is 22.7 Å². The number of halogens is 1. The molecule has 1 aliphatic rings. The van der Waals surface area contributed by atoms with Crippen LogP contribution >= 0.6 is 11.6 Å². The van der Waals surface area contributed by atoms with Crippen molar-refractivity contribution in [2.24, 2.45) is 0 Å². The summed E-state index contributed by atoms with van der Waals surface area (Å²) < 4.78 is 39.3. The van der Waals surface area contributed by atoms with Crippen molar-refractivity contribution in [3.05, 3.63) is 76.8 Å². The van der Waals surface area contributed by atoms with Crippen LogP contribution in [0, 0.1) is 13.8 Å². The third-order valence-corrected chi connectivity index (χ3v) is 7.78. The largest absolute Gasteiger partial charge is 0.487 e. The highest BCUT2D eigenvalue weighted by atomic mass is 35.5. The van der Waals surface area contributed by atoms with E-state index in [2.05, 4.69) is 5.32 Å². The van der Waals surface area contributed by atoms with E-state index in [9.17, 15) is 13.2 Å². The zero-order valence-corrected chi connectivity index (χ0v) is 20.6. The van der Waals surface area contributed by atoms with E-state index in [4.69, 9.17) is 21.1 Å². The molecule has 1 heterocycles. The zero-order valence-electron chi connectivity index (χ0n) is 19.0. The maximum atomic E-state index is 13.3. The van der Waals surface area contributed by atoms with Crippen LogP contribution in [0.4, 0.5) is 11.4 Å². The number of carbonyl (C=O) groups is 1. The number of hydrogen-bond acceptors (Lipinski definition) is 5. The van der Waals surface area contributed by atoms with Crippen LogP contribution in [-0.4, -0.2) is 33.6 Å². The van der Waals surface area contributed by atoms with Gasteiger partial charge in [0.2, 0.25) is 0 Å². The predicted octanol–water partition coefficient (Wildman–Crippen LogP) is 4.95. The van der Waals surface area contributed by atoms with Gasteiger partial charge in [-0.3, -0.25) is 9.10 Å². The summed E-state index contributed by atoms with van der Waals surface area (Å²) in [4.78, 5) is 12.4. The third kappa shape index (κ3) is 4.98. The minimum atomic E-state index is -3.81. The van der Waals surface area contributed by atoms with Crippen molar-refractivity contribution in [2.75, 3.05) is 22.8 Å². The highest BCUT2D eigenvalue weighted by molar-refractivity contribution is 7.92. The van der Waals surface area contributed by atoms with Gasteiger partial charge in [0.05, 0.1) is 17.1 Å². The minimum Gasteiger partial charge on any atom is -0.487 e. The number of anilines is 2. The second-order valence-corrected chi connectivity index (χ2v) is 10.4. The number of para-hydroxylation sites is 2. The zero-order chi connectivity index (χ0) is 24.5. The molecule has 9 heteroatoms. The summed E-state index contributed by atoms with van der Waals surface area (Å²) in [6.07, 6.45) is -0.281. The molecule has 0 saturated carbocycles. The van der Waals surface area contributed by atoms with Crippen LogP contribution in [0.2, 0.25) is 5.02 Å². The third-order valence-electron chi connectivity index (χ3n) is 5.39. The van der Waals surface area contributed by atoms with Crippen molar-refractivity contribution in [3.63, 3.8) is 0 Å². The van der Waals surface area contributed by atoms with Crippen LogP contribution < -0.4 is 19.1 Å². The Kier molecular flexibility index (Phi) is 6.72. The first-order valence-corrected chi connectivity index (χ1v) is 12.5. The SMILES string of the molecule is Cc1cc(OCC(=O)Nc2ccc(S(=O)(=O)N3CC(C)Oc4ccccc43)cc2)cc(C)c1Cl. The molecule has 0 aliphatic carbocycles. The van der Waals surface area contributed by atoms with Gasteiger partial charge in [0.25, 0.3) is 15.9 Å². The summed E-state index contributed by atoms with van der Waals surface area (Å²) in [6.45, 7) is 5.58. The summed E-state index contributed by atoms with van der Waals surface area (Å²) in [5.41, 5.74) is 2.70. The lowest BCUT2D eigenvalue weighted by molar-refractivity contribution is -0.118. The topological polar surface area (TPSA) is 84.9 Å². The molecule has 1 aliphatic heterocycles. The van der Waals surface area contributed by atoms with Crippen molar-refractivity contribution in [1.82, 2.24) is 0 Å². The molecule has 1 atom stereocenters. The normalized spacial score (nSPS) is 15.3. The molecule has 178 valence electrons. The van der Waals surface area contributed by atoms with Crippen LogP contribution in [0.5, 0.6) is 11.5 Å². The number of fused-ring (bicyclic) bond motifs is 1. The van der Waals surface area contributed by atoms with Gasteiger partial charge in [0, 0.05) is 10.7 Å². The number of nitrogens with zero attached hydrogens (tertiary/aromatic N) is 1. The fourth-order valence-corrected chi connectivity index (χ4v) is 5.41. The second-order valence-electron chi connectivity index (χ2n) is 8.16. The molecule has 34 heavy (non-hydrogen) atoms. The van der Waals surface area contributed by atoms with Crippen LogP contribution in [0.15, 0.2) is 65.6 Å². The van der Waals surface area contributed by atoms with Gasteiger partial charge in [0.1, 0.15) is 17.6 Å². The van der Waals surface area contributed by atoms with Crippen LogP contribution in [0.25, 0.3) is 0 Å². The van der Waals surface area contributed by atoms with Crippen LogP contribution in [0.1, 0.15) is 18.1 Å². The van der Waals surface area contributed by atoms with Crippen molar-refractivity contribution >= 4 is 38.9 Å².